The molecule has 2 aromatic heterocycles. The van der Waals surface area contributed by atoms with E-state index >= 15 is 0 Å². The smallest absolute Gasteiger partial charge is 0.437 e. The largest absolute Gasteiger partial charge is 0.464 e. The molecule has 3 N–H and O–H groups in total. The Kier molecular flexibility index (Phi) is 2.87. The van der Waals surface area contributed by atoms with Gasteiger partial charge in [-0.05, 0) is 12.1 Å². The zero-order valence-electron chi connectivity index (χ0n) is 10.9. The SMILES string of the molecule is Nc1cn(-c2ccc3cn(C(=O)O)cc3c2)nc1C(F)(F)F. The van der Waals surface area contributed by atoms with E-state index in [-0.39, 0.29) is 0 Å². The number of anilines is 1. The van der Waals surface area contributed by atoms with Crippen molar-refractivity contribution in [1.29, 1.82) is 0 Å². The maximum atomic E-state index is 12.7. The lowest BCUT2D eigenvalue weighted by atomic mass is 10.2. The maximum absolute atomic E-state index is 12.7. The number of benzene rings is 1. The van der Waals surface area contributed by atoms with Gasteiger partial charge in [0, 0.05) is 23.2 Å². The minimum absolute atomic E-state index is 0.345. The van der Waals surface area contributed by atoms with Gasteiger partial charge < -0.3 is 10.8 Å². The predicted octanol–water partition coefficient (Wildman–Crippen LogP) is 2.95. The van der Waals surface area contributed by atoms with Crippen LogP contribution in [-0.4, -0.2) is 25.5 Å². The number of hydrogen-bond donors (Lipinski definition) is 2. The van der Waals surface area contributed by atoms with Gasteiger partial charge in [-0.25, -0.2) is 9.48 Å². The molecule has 2 heterocycles. The quantitative estimate of drug-likeness (QED) is 0.723. The number of carboxylic acid groups (broad SMARTS) is 1. The van der Waals surface area contributed by atoms with Crippen molar-refractivity contribution in [3.05, 3.63) is 42.5 Å². The van der Waals surface area contributed by atoms with Gasteiger partial charge >= 0.3 is 12.3 Å². The fourth-order valence-corrected chi connectivity index (χ4v) is 2.12. The first kappa shape index (κ1) is 14.0. The Hall–Kier alpha value is -2.97. The van der Waals surface area contributed by atoms with Crippen LogP contribution in [0.15, 0.2) is 36.8 Å². The van der Waals surface area contributed by atoms with Crippen LogP contribution < -0.4 is 5.73 Å². The minimum Gasteiger partial charge on any atom is -0.464 e. The molecule has 0 fully saturated rings. The number of nitrogens with zero attached hydrogens (tertiary/aromatic N) is 3. The molecule has 0 aliphatic rings. The number of hydrogen-bond acceptors (Lipinski definition) is 3. The lowest BCUT2D eigenvalue weighted by Gasteiger charge is -2.03. The van der Waals surface area contributed by atoms with Crippen molar-refractivity contribution in [1.82, 2.24) is 14.3 Å². The highest BCUT2D eigenvalue weighted by Crippen LogP contribution is 2.32. The fourth-order valence-electron chi connectivity index (χ4n) is 2.12. The third-order valence-electron chi connectivity index (χ3n) is 3.12. The molecule has 0 aliphatic heterocycles. The molecule has 0 unspecified atom stereocenters. The summed E-state index contributed by atoms with van der Waals surface area (Å²) in [5.74, 6) is 0. The van der Waals surface area contributed by atoms with Crippen molar-refractivity contribution >= 4 is 22.6 Å². The molecular weight excluding hydrogens is 301 g/mol. The summed E-state index contributed by atoms with van der Waals surface area (Å²) in [5.41, 5.74) is 4.05. The number of rotatable bonds is 1. The summed E-state index contributed by atoms with van der Waals surface area (Å²) < 4.78 is 40.1. The molecule has 114 valence electrons. The molecule has 0 atom stereocenters. The van der Waals surface area contributed by atoms with Crippen LogP contribution in [0.4, 0.5) is 23.7 Å². The Labute approximate surface area is 121 Å². The number of fused-ring (bicyclic) bond motifs is 1. The van der Waals surface area contributed by atoms with E-state index in [1.807, 2.05) is 0 Å². The fraction of sp³-hybridized carbons (Fsp3) is 0.0769. The Bertz CT molecular complexity index is 879. The van der Waals surface area contributed by atoms with Crippen molar-refractivity contribution in [2.45, 2.75) is 6.18 Å². The van der Waals surface area contributed by atoms with E-state index in [0.29, 0.717) is 16.5 Å². The molecule has 0 radical (unpaired) electrons. The van der Waals surface area contributed by atoms with Gasteiger partial charge in [-0.3, -0.25) is 4.57 Å². The van der Waals surface area contributed by atoms with E-state index in [9.17, 15) is 18.0 Å². The second kappa shape index (κ2) is 4.52. The van der Waals surface area contributed by atoms with Crippen molar-refractivity contribution < 1.29 is 23.1 Å². The van der Waals surface area contributed by atoms with Gasteiger partial charge in [0.25, 0.3) is 0 Å². The first-order valence-corrected chi connectivity index (χ1v) is 6.03. The number of alkyl halides is 3. The van der Waals surface area contributed by atoms with E-state index in [0.717, 1.165) is 15.4 Å². The molecule has 0 spiro atoms. The third kappa shape index (κ3) is 2.26. The summed E-state index contributed by atoms with van der Waals surface area (Å²) in [4.78, 5) is 10.9. The Morgan fingerprint density at radius 1 is 1.18 bits per heavy atom. The summed E-state index contributed by atoms with van der Waals surface area (Å²) >= 11 is 0. The van der Waals surface area contributed by atoms with Gasteiger partial charge in [0.1, 0.15) is 0 Å². The van der Waals surface area contributed by atoms with Crippen LogP contribution in [0.25, 0.3) is 16.5 Å². The lowest BCUT2D eigenvalue weighted by molar-refractivity contribution is -0.140. The van der Waals surface area contributed by atoms with Crippen LogP contribution in [0.1, 0.15) is 5.69 Å². The summed E-state index contributed by atoms with van der Waals surface area (Å²) in [6.45, 7) is 0. The van der Waals surface area contributed by atoms with E-state index in [2.05, 4.69) is 5.10 Å². The van der Waals surface area contributed by atoms with Gasteiger partial charge in [-0.2, -0.15) is 18.3 Å². The number of nitrogens with two attached hydrogens (primary N) is 1. The molecule has 0 aliphatic carbocycles. The third-order valence-corrected chi connectivity index (χ3v) is 3.12. The molecule has 0 saturated heterocycles. The number of carbonyl (C=O) groups is 1. The number of aromatic nitrogens is 3. The van der Waals surface area contributed by atoms with Gasteiger partial charge in [-0.15, -0.1) is 0 Å². The van der Waals surface area contributed by atoms with E-state index in [1.165, 1.54) is 24.5 Å². The highest BCUT2D eigenvalue weighted by atomic mass is 19.4. The highest BCUT2D eigenvalue weighted by Gasteiger charge is 2.36. The van der Waals surface area contributed by atoms with Gasteiger partial charge in [0.05, 0.1) is 17.6 Å². The monoisotopic (exact) mass is 310 g/mol. The molecule has 9 heteroatoms. The van der Waals surface area contributed by atoms with Crippen LogP contribution >= 0.6 is 0 Å². The predicted molar refractivity (Wildman–Crippen MR) is 71.9 cm³/mol. The average Bonchev–Trinajstić information content (AvgIpc) is 3.00. The van der Waals surface area contributed by atoms with Crippen LogP contribution in [-0.2, 0) is 6.18 Å². The first-order valence-electron chi connectivity index (χ1n) is 6.03. The molecule has 0 amide bonds. The van der Waals surface area contributed by atoms with Crippen LogP contribution in [0.3, 0.4) is 0 Å². The van der Waals surface area contributed by atoms with Crippen LogP contribution in [0.5, 0.6) is 0 Å². The standard InChI is InChI=1S/C13H9F3N4O2/c14-13(15,16)11-10(17)6-20(18-11)9-2-1-7-4-19(12(21)22)5-8(7)3-9/h1-6H,17H2,(H,21,22). The van der Waals surface area contributed by atoms with Crippen LogP contribution in [0.2, 0.25) is 0 Å². The summed E-state index contributed by atoms with van der Waals surface area (Å²) in [5, 5.41) is 13.5. The second-order valence-corrected chi connectivity index (χ2v) is 4.64. The summed E-state index contributed by atoms with van der Waals surface area (Å²) in [6, 6.07) is 4.65. The topological polar surface area (TPSA) is 86.1 Å². The zero-order valence-corrected chi connectivity index (χ0v) is 10.9. The second-order valence-electron chi connectivity index (χ2n) is 4.64. The van der Waals surface area contributed by atoms with Crippen molar-refractivity contribution in [3.8, 4) is 5.69 Å². The molecule has 3 rings (SSSR count). The lowest BCUT2D eigenvalue weighted by Crippen LogP contribution is -2.09. The first-order chi connectivity index (χ1) is 10.3. The number of halogens is 3. The number of nitrogen functional groups attached to an aromatic ring is 1. The minimum atomic E-state index is -4.63. The average molecular weight is 310 g/mol. The maximum Gasteiger partial charge on any atom is 0.437 e. The Morgan fingerprint density at radius 3 is 2.45 bits per heavy atom. The van der Waals surface area contributed by atoms with Gasteiger partial charge in [0.15, 0.2) is 5.69 Å². The van der Waals surface area contributed by atoms with E-state index < -0.39 is 23.7 Å². The Morgan fingerprint density at radius 2 is 1.86 bits per heavy atom. The normalized spacial score (nSPS) is 12.0. The highest BCUT2D eigenvalue weighted by molar-refractivity contribution is 5.88. The molecule has 6 nitrogen and oxygen atoms in total. The van der Waals surface area contributed by atoms with Crippen molar-refractivity contribution in [3.63, 3.8) is 0 Å². The summed E-state index contributed by atoms with van der Waals surface area (Å²) in [7, 11) is 0. The Balaban J connectivity index is 2.09. The van der Waals surface area contributed by atoms with Crippen LogP contribution in [0, 0.1) is 0 Å². The molecule has 0 saturated carbocycles. The van der Waals surface area contributed by atoms with Crippen molar-refractivity contribution in [2.75, 3.05) is 5.73 Å². The summed E-state index contributed by atoms with van der Waals surface area (Å²) in [6.07, 6.45) is -1.95. The molecular formula is C13H9F3N4O2. The molecule has 22 heavy (non-hydrogen) atoms. The zero-order chi connectivity index (χ0) is 16.1. The molecule has 0 bridgehead atoms. The molecule has 3 aromatic rings. The van der Waals surface area contributed by atoms with Gasteiger partial charge in [-0.1, -0.05) is 6.07 Å². The van der Waals surface area contributed by atoms with Crippen molar-refractivity contribution in [2.24, 2.45) is 0 Å². The van der Waals surface area contributed by atoms with E-state index in [1.54, 1.807) is 6.07 Å². The van der Waals surface area contributed by atoms with E-state index in [4.69, 9.17) is 10.8 Å². The molecule has 1 aromatic carbocycles. The van der Waals surface area contributed by atoms with Gasteiger partial charge in [0.2, 0.25) is 0 Å².